The number of anilines is 3. The third-order valence-corrected chi connectivity index (χ3v) is 10.8. The van der Waals surface area contributed by atoms with Crippen molar-refractivity contribution in [3.8, 4) is 33.4 Å². The van der Waals surface area contributed by atoms with Gasteiger partial charge in [0.2, 0.25) is 0 Å². The summed E-state index contributed by atoms with van der Waals surface area (Å²) in [6, 6.07) is 60.0. The largest absolute Gasteiger partial charge is 0.310 e. The molecule has 7 aromatic rings. The molecule has 240 valence electrons. The van der Waals surface area contributed by atoms with E-state index < -0.39 is 0 Å². The highest BCUT2D eigenvalue weighted by Gasteiger charge is 2.37. The minimum absolute atomic E-state index is 0.138. The lowest BCUT2D eigenvalue weighted by atomic mass is 9.62. The topological polar surface area (TPSA) is 3.24 Å². The molecule has 0 spiro atoms. The Morgan fingerprint density at radius 2 is 0.857 bits per heavy atom. The number of benzene rings is 7. The summed E-state index contributed by atoms with van der Waals surface area (Å²) in [5.41, 5.74) is 14.1. The first-order chi connectivity index (χ1) is 23.8. The Morgan fingerprint density at radius 3 is 1.41 bits per heavy atom. The molecule has 8 rings (SSSR count). The molecule has 0 saturated carbocycles. The molecule has 1 heteroatoms. The fourth-order valence-corrected chi connectivity index (χ4v) is 7.77. The highest BCUT2D eigenvalue weighted by Crippen LogP contribution is 2.49. The summed E-state index contributed by atoms with van der Waals surface area (Å²) in [5, 5.41) is 2.63. The number of fused-ring (bicyclic) bond motifs is 2. The number of rotatable bonds is 6. The van der Waals surface area contributed by atoms with Crippen LogP contribution in [-0.2, 0) is 10.8 Å². The maximum atomic E-state index is 2.52. The highest BCUT2D eigenvalue weighted by atomic mass is 15.1. The maximum Gasteiger partial charge on any atom is 0.0540 e. The first-order valence-electron chi connectivity index (χ1n) is 17.6. The van der Waals surface area contributed by atoms with E-state index in [0.29, 0.717) is 0 Å². The van der Waals surface area contributed by atoms with Gasteiger partial charge in [-0.2, -0.15) is 0 Å². The van der Waals surface area contributed by atoms with Gasteiger partial charge in [0.05, 0.1) is 5.69 Å². The Labute approximate surface area is 291 Å². The Hall–Kier alpha value is -5.40. The van der Waals surface area contributed by atoms with E-state index in [9.17, 15) is 0 Å². The maximum absolute atomic E-state index is 2.52. The van der Waals surface area contributed by atoms with Gasteiger partial charge >= 0.3 is 0 Å². The molecule has 0 atom stereocenters. The van der Waals surface area contributed by atoms with Crippen LogP contribution >= 0.6 is 0 Å². The van der Waals surface area contributed by atoms with Crippen LogP contribution in [0.4, 0.5) is 17.1 Å². The van der Waals surface area contributed by atoms with Crippen LogP contribution in [0.1, 0.15) is 51.7 Å². The van der Waals surface area contributed by atoms with Crippen LogP contribution in [0.5, 0.6) is 0 Å². The summed E-state index contributed by atoms with van der Waals surface area (Å²) in [6.45, 7) is 9.67. The van der Waals surface area contributed by atoms with E-state index in [1.807, 2.05) is 0 Å². The summed E-state index contributed by atoms with van der Waals surface area (Å²) in [7, 11) is 0. The summed E-state index contributed by atoms with van der Waals surface area (Å²) in [5.74, 6) is 0. The van der Waals surface area contributed by atoms with Crippen molar-refractivity contribution in [3.63, 3.8) is 0 Å². The van der Waals surface area contributed by atoms with Crippen molar-refractivity contribution in [3.05, 3.63) is 175 Å². The molecule has 0 aromatic heterocycles. The van der Waals surface area contributed by atoms with Crippen LogP contribution in [0.15, 0.2) is 164 Å². The van der Waals surface area contributed by atoms with Gasteiger partial charge in [-0.1, -0.05) is 155 Å². The standard InChI is InChI=1S/C48H43N/c1-47(2)30-31-48(3,4)45-33-43-38(32-44(45)47)18-13-20-41(43)42-19-11-12-21-46(42)49(39-26-22-36(23-27-39)34-14-7-5-8-15-34)40-28-24-37(25-29-40)35-16-9-6-10-17-35/h5-29,32-33H,30-31H2,1-4H3. The van der Waals surface area contributed by atoms with E-state index >= 15 is 0 Å². The molecule has 0 radical (unpaired) electrons. The predicted molar refractivity (Wildman–Crippen MR) is 210 cm³/mol. The predicted octanol–water partition coefficient (Wildman–Crippen LogP) is 13.7. The van der Waals surface area contributed by atoms with Crippen molar-refractivity contribution >= 4 is 27.8 Å². The van der Waals surface area contributed by atoms with Gasteiger partial charge in [-0.15, -0.1) is 0 Å². The summed E-state index contributed by atoms with van der Waals surface area (Å²) in [6.07, 6.45) is 2.41. The van der Waals surface area contributed by atoms with Crippen molar-refractivity contribution in [1.29, 1.82) is 0 Å². The molecule has 7 aromatic carbocycles. The number of nitrogens with zero attached hydrogens (tertiary/aromatic N) is 1. The van der Waals surface area contributed by atoms with Crippen molar-refractivity contribution in [1.82, 2.24) is 0 Å². The van der Waals surface area contributed by atoms with Crippen LogP contribution in [0.2, 0.25) is 0 Å². The third-order valence-electron chi connectivity index (χ3n) is 10.8. The zero-order valence-corrected chi connectivity index (χ0v) is 28.9. The second kappa shape index (κ2) is 12.2. The monoisotopic (exact) mass is 633 g/mol. The second-order valence-electron chi connectivity index (χ2n) is 14.9. The van der Waals surface area contributed by atoms with E-state index in [-0.39, 0.29) is 10.8 Å². The SMILES string of the molecule is CC1(C)CCC(C)(C)c2cc3c(-c4ccccc4N(c4ccc(-c5ccccc5)cc4)c4ccc(-c5ccccc5)cc4)cccc3cc21. The van der Waals surface area contributed by atoms with E-state index in [1.54, 1.807) is 0 Å². The molecular weight excluding hydrogens is 591 g/mol. The van der Waals surface area contributed by atoms with Crippen LogP contribution < -0.4 is 4.90 Å². The molecule has 0 saturated heterocycles. The molecular formula is C48H43N. The molecule has 0 amide bonds. The zero-order chi connectivity index (χ0) is 33.6. The highest BCUT2D eigenvalue weighted by molar-refractivity contribution is 6.02. The average molecular weight is 634 g/mol. The molecule has 1 nitrogen and oxygen atoms in total. The lowest BCUT2D eigenvalue weighted by Crippen LogP contribution is -2.33. The van der Waals surface area contributed by atoms with Gasteiger partial charge < -0.3 is 4.90 Å². The Kier molecular flexibility index (Phi) is 7.72. The molecule has 0 fully saturated rings. The molecule has 0 heterocycles. The van der Waals surface area contributed by atoms with Crippen molar-refractivity contribution in [2.24, 2.45) is 0 Å². The lowest BCUT2D eigenvalue weighted by Gasteiger charge is -2.42. The summed E-state index contributed by atoms with van der Waals surface area (Å²) < 4.78 is 0. The summed E-state index contributed by atoms with van der Waals surface area (Å²) in [4.78, 5) is 2.42. The van der Waals surface area contributed by atoms with E-state index in [4.69, 9.17) is 0 Å². The number of hydrogen-bond donors (Lipinski definition) is 0. The minimum atomic E-state index is 0.138. The number of para-hydroxylation sites is 1. The van der Waals surface area contributed by atoms with Crippen LogP contribution in [0, 0.1) is 0 Å². The molecule has 49 heavy (non-hydrogen) atoms. The average Bonchev–Trinajstić information content (AvgIpc) is 3.14. The first-order valence-corrected chi connectivity index (χ1v) is 17.6. The van der Waals surface area contributed by atoms with Gasteiger partial charge in [0.1, 0.15) is 0 Å². The van der Waals surface area contributed by atoms with E-state index in [0.717, 1.165) is 17.1 Å². The van der Waals surface area contributed by atoms with Gasteiger partial charge in [0.25, 0.3) is 0 Å². The Morgan fingerprint density at radius 1 is 0.408 bits per heavy atom. The normalized spacial score (nSPS) is 14.7. The second-order valence-corrected chi connectivity index (χ2v) is 14.9. The van der Waals surface area contributed by atoms with Gasteiger partial charge in [-0.25, -0.2) is 0 Å². The molecule has 0 bridgehead atoms. The van der Waals surface area contributed by atoms with Gasteiger partial charge in [-0.3, -0.25) is 0 Å². The molecule has 0 aliphatic heterocycles. The Balaban J connectivity index is 1.30. The quantitative estimate of drug-likeness (QED) is 0.176. The molecule has 0 unspecified atom stereocenters. The first kappa shape index (κ1) is 30.9. The van der Waals surface area contributed by atoms with Crippen LogP contribution in [0.25, 0.3) is 44.2 Å². The lowest BCUT2D eigenvalue weighted by molar-refractivity contribution is 0.332. The van der Waals surface area contributed by atoms with Gasteiger partial charge in [-0.05, 0) is 110 Å². The van der Waals surface area contributed by atoms with Crippen molar-refractivity contribution in [2.75, 3.05) is 4.90 Å². The molecule has 1 aliphatic rings. The number of hydrogen-bond acceptors (Lipinski definition) is 1. The smallest absolute Gasteiger partial charge is 0.0540 e. The van der Waals surface area contributed by atoms with Crippen LogP contribution in [-0.4, -0.2) is 0 Å². The molecule has 0 N–H and O–H groups in total. The Bertz CT molecular complexity index is 2160. The van der Waals surface area contributed by atoms with Crippen molar-refractivity contribution in [2.45, 2.75) is 51.4 Å². The fourth-order valence-electron chi connectivity index (χ4n) is 7.77. The molecule has 1 aliphatic carbocycles. The van der Waals surface area contributed by atoms with Gasteiger partial charge in [0, 0.05) is 16.9 Å². The van der Waals surface area contributed by atoms with E-state index in [2.05, 4.69) is 196 Å². The minimum Gasteiger partial charge on any atom is -0.310 e. The summed E-state index contributed by atoms with van der Waals surface area (Å²) >= 11 is 0. The fraction of sp³-hybridized carbons (Fsp3) is 0.167. The van der Waals surface area contributed by atoms with Crippen LogP contribution in [0.3, 0.4) is 0 Å². The van der Waals surface area contributed by atoms with Crippen molar-refractivity contribution < 1.29 is 0 Å². The van der Waals surface area contributed by atoms with E-state index in [1.165, 1.54) is 68.1 Å². The third kappa shape index (κ3) is 5.74. The van der Waals surface area contributed by atoms with Gasteiger partial charge in [0.15, 0.2) is 0 Å². The zero-order valence-electron chi connectivity index (χ0n) is 28.9.